The number of nitrogens with zero attached hydrogens (tertiary/aromatic N) is 6. The van der Waals surface area contributed by atoms with E-state index in [1.54, 1.807) is 0 Å². The largest absolute Gasteiger partial charge is 0.444 e. The minimum atomic E-state index is -0.421. The predicted molar refractivity (Wildman–Crippen MR) is 322 cm³/mol. The Morgan fingerprint density at radius 2 is 0.950 bits per heavy atom. The topological polar surface area (TPSA) is 210 Å². The SMILES string of the molecule is CC(C)(C)OC(=O)NC1CCC(N)CC1.CC(C)(C)OC(=O)NC1CCC(N2CCCCC2)CC1.NC1CCC(N2CCCCC2)CC1.O=C1NCC2(CCCCC2)n2c1cc1cnc(NC3CCC(N4CCCCC4)CC3)nc12. The van der Waals surface area contributed by atoms with Crippen LogP contribution >= 0.6 is 0 Å². The van der Waals surface area contributed by atoms with Crippen LogP contribution in [0.3, 0.4) is 0 Å². The Labute approximate surface area is 482 Å². The lowest BCUT2D eigenvalue weighted by Gasteiger charge is -2.43. The summed E-state index contributed by atoms with van der Waals surface area (Å²) in [5, 5.41) is 13.7. The summed E-state index contributed by atoms with van der Waals surface area (Å²) in [6.07, 6.45) is 38.4. The molecule has 11 rings (SSSR count). The molecule has 5 aliphatic carbocycles. The minimum absolute atomic E-state index is 0.0183. The number of ether oxygens (including phenoxy) is 2. The highest BCUT2D eigenvalue weighted by atomic mass is 16.6. The fourth-order valence-electron chi connectivity index (χ4n) is 14.6. The van der Waals surface area contributed by atoms with Crippen molar-refractivity contribution in [3.8, 4) is 0 Å². The number of nitrogens with two attached hydrogens (primary N) is 2. The number of nitrogens with one attached hydrogen (secondary N) is 4. The lowest BCUT2D eigenvalue weighted by Crippen LogP contribution is -2.52. The van der Waals surface area contributed by atoms with Gasteiger partial charge < -0.3 is 61.5 Å². The van der Waals surface area contributed by atoms with Gasteiger partial charge in [-0.15, -0.1) is 0 Å². The van der Waals surface area contributed by atoms with Crippen LogP contribution < -0.4 is 32.7 Å². The van der Waals surface area contributed by atoms with E-state index >= 15 is 0 Å². The predicted octanol–water partition coefficient (Wildman–Crippen LogP) is 10.9. The van der Waals surface area contributed by atoms with Crippen LogP contribution in [-0.2, 0) is 15.0 Å². The molecular formula is C63H110N12O5. The quantitative estimate of drug-likeness (QED) is 0.153. The Morgan fingerprint density at radius 1 is 0.562 bits per heavy atom. The summed E-state index contributed by atoms with van der Waals surface area (Å²) in [4.78, 5) is 53.6. The summed E-state index contributed by atoms with van der Waals surface area (Å²) in [6, 6.07) is 6.14. The average molecular weight is 1120 g/mol. The molecule has 2 aromatic heterocycles. The lowest BCUT2D eigenvalue weighted by molar-refractivity contribution is 0.0466. The molecule has 17 heteroatoms. The van der Waals surface area contributed by atoms with Crippen LogP contribution in [0.5, 0.6) is 0 Å². The maximum absolute atomic E-state index is 12.6. The number of aromatic nitrogens is 3. The van der Waals surface area contributed by atoms with E-state index in [0.29, 0.717) is 24.2 Å². The van der Waals surface area contributed by atoms with Crippen molar-refractivity contribution in [2.75, 3.05) is 51.1 Å². The molecule has 8 fully saturated rings. The molecule has 4 aliphatic heterocycles. The van der Waals surface area contributed by atoms with Gasteiger partial charge in [0.2, 0.25) is 5.95 Å². The first-order chi connectivity index (χ1) is 38.4. The number of rotatable bonds is 7. The van der Waals surface area contributed by atoms with Crippen molar-refractivity contribution in [1.82, 2.24) is 45.2 Å². The monoisotopic (exact) mass is 1110 g/mol. The number of carbonyl (C=O) groups is 3. The summed E-state index contributed by atoms with van der Waals surface area (Å²) in [7, 11) is 0. The number of likely N-dealkylation sites (tertiary alicyclic amines) is 3. The third kappa shape index (κ3) is 18.9. The van der Waals surface area contributed by atoms with Crippen LogP contribution in [0, 0.1) is 0 Å². The van der Waals surface area contributed by atoms with Gasteiger partial charge in [-0.25, -0.2) is 14.6 Å². The van der Waals surface area contributed by atoms with Gasteiger partial charge in [0.15, 0.2) is 0 Å². The number of fused-ring (bicyclic) bond motifs is 4. The van der Waals surface area contributed by atoms with E-state index < -0.39 is 11.2 Å². The van der Waals surface area contributed by atoms with Gasteiger partial charge in [0.05, 0.1) is 5.54 Å². The zero-order valence-corrected chi connectivity index (χ0v) is 50.8. The van der Waals surface area contributed by atoms with E-state index in [-0.39, 0.29) is 29.7 Å². The first kappa shape index (κ1) is 62.3. The Hall–Kier alpha value is -3.77. The van der Waals surface area contributed by atoms with Gasteiger partial charge >= 0.3 is 12.2 Å². The van der Waals surface area contributed by atoms with E-state index in [1.165, 1.54) is 181 Å². The number of anilines is 1. The Bertz CT molecular complexity index is 2190. The molecular weight excluding hydrogens is 1000 g/mol. The van der Waals surface area contributed by atoms with Crippen molar-refractivity contribution in [3.05, 3.63) is 18.0 Å². The van der Waals surface area contributed by atoms with Crippen molar-refractivity contribution in [2.45, 2.75) is 299 Å². The van der Waals surface area contributed by atoms with E-state index in [0.717, 1.165) is 98.7 Å². The van der Waals surface area contributed by atoms with Crippen molar-refractivity contribution in [1.29, 1.82) is 0 Å². The Balaban J connectivity index is 0.000000151. The third-order valence-electron chi connectivity index (χ3n) is 19.0. The fraction of sp³-hybridized carbons (Fsp3) is 0.857. The average Bonchev–Trinajstić information content (AvgIpc) is 4.11. The third-order valence-corrected chi connectivity index (χ3v) is 19.0. The van der Waals surface area contributed by atoms with Crippen molar-refractivity contribution < 1.29 is 23.9 Å². The number of hydrogen-bond acceptors (Lipinski definition) is 13. The van der Waals surface area contributed by atoms with Crippen molar-refractivity contribution in [2.24, 2.45) is 11.5 Å². The molecule has 1 spiro atoms. The molecule has 3 saturated heterocycles. The molecule has 452 valence electrons. The molecule has 8 N–H and O–H groups in total. The van der Waals surface area contributed by atoms with Gasteiger partial charge in [-0.3, -0.25) is 4.79 Å². The highest BCUT2D eigenvalue weighted by Gasteiger charge is 2.42. The van der Waals surface area contributed by atoms with Gasteiger partial charge in [-0.1, -0.05) is 38.5 Å². The van der Waals surface area contributed by atoms with Crippen LogP contribution in [0.2, 0.25) is 0 Å². The maximum atomic E-state index is 12.6. The molecule has 5 saturated carbocycles. The lowest BCUT2D eigenvalue weighted by atomic mass is 9.80. The minimum Gasteiger partial charge on any atom is -0.444 e. The number of hydrogen-bond donors (Lipinski definition) is 6. The molecule has 0 aromatic carbocycles. The molecule has 80 heavy (non-hydrogen) atoms. The van der Waals surface area contributed by atoms with E-state index in [9.17, 15) is 14.4 Å². The number of carbonyl (C=O) groups excluding carboxylic acids is 3. The zero-order chi connectivity index (χ0) is 56.7. The smallest absolute Gasteiger partial charge is 0.407 e. The second kappa shape index (κ2) is 29.7. The normalized spacial score (nSPS) is 29.8. The van der Waals surface area contributed by atoms with Crippen molar-refractivity contribution >= 4 is 35.1 Å². The van der Waals surface area contributed by atoms with Gasteiger partial charge in [0.1, 0.15) is 22.5 Å². The zero-order valence-electron chi connectivity index (χ0n) is 50.8. The van der Waals surface area contributed by atoms with Crippen LogP contribution in [0.4, 0.5) is 15.5 Å². The number of piperidine rings is 3. The summed E-state index contributed by atoms with van der Waals surface area (Å²) in [6.45, 7) is 19.8. The molecule has 0 atom stereocenters. The van der Waals surface area contributed by atoms with Crippen LogP contribution in [0.25, 0.3) is 11.0 Å². The molecule has 9 aliphatic rings. The summed E-state index contributed by atoms with van der Waals surface area (Å²) in [5.41, 5.74) is 12.5. The number of alkyl carbamates (subject to hydrolysis) is 2. The van der Waals surface area contributed by atoms with Gasteiger partial charge in [0, 0.05) is 66.5 Å². The Kier molecular flexibility index (Phi) is 23.1. The first-order valence-corrected chi connectivity index (χ1v) is 32.5. The Morgan fingerprint density at radius 3 is 1.39 bits per heavy atom. The van der Waals surface area contributed by atoms with E-state index in [2.05, 4.69) is 45.5 Å². The summed E-state index contributed by atoms with van der Waals surface area (Å²) in [5.74, 6) is 0.738. The van der Waals surface area contributed by atoms with Crippen LogP contribution in [-0.4, -0.2) is 153 Å². The summed E-state index contributed by atoms with van der Waals surface area (Å²) >= 11 is 0. The molecule has 3 amide bonds. The van der Waals surface area contributed by atoms with Gasteiger partial charge in [-0.2, -0.15) is 4.98 Å². The second-order valence-corrected chi connectivity index (χ2v) is 27.7. The highest BCUT2D eigenvalue weighted by Crippen LogP contribution is 2.41. The van der Waals surface area contributed by atoms with Crippen molar-refractivity contribution in [3.63, 3.8) is 0 Å². The summed E-state index contributed by atoms with van der Waals surface area (Å²) < 4.78 is 12.8. The van der Waals surface area contributed by atoms with Gasteiger partial charge in [-0.05, 0) is 241 Å². The molecule has 17 nitrogen and oxygen atoms in total. The van der Waals surface area contributed by atoms with E-state index in [4.69, 9.17) is 25.9 Å². The fourth-order valence-corrected chi connectivity index (χ4v) is 14.6. The van der Waals surface area contributed by atoms with E-state index in [1.807, 2.05) is 53.8 Å². The highest BCUT2D eigenvalue weighted by molar-refractivity contribution is 5.99. The molecule has 6 heterocycles. The molecule has 0 bridgehead atoms. The first-order valence-electron chi connectivity index (χ1n) is 32.5. The van der Waals surface area contributed by atoms with Crippen LogP contribution in [0.15, 0.2) is 12.3 Å². The molecule has 0 radical (unpaired) electrons. The molecule has 0 unspecified atom stereocenters. The van der Waals surface area contributed by atoms with Crippen LogP contribution in [0.1, 0.15) is 245 Å². The van der Waals surface area contributed by atoms with Gasteiger partial charge in [0.25, 0.3) is 5.91 Å². The number of amides is 3. The second-order valence-electron chi connectivity index (χ2n) is 27.7. The standard InChI is InChI=1S/C25H36N6O.C16H30N2O2.C11H22N2O2.C11H22N2/c32-23-21-15-18-16-26-24(28-19-7-9-20(10-8-19)30-13-5-2-6-14-30)29-22(18)31(21)25(17-27-23)11-3-1-4-12-25;1-16(2,3)20-15(19)17-13-7-9-14(10-8-13)18-11-5-4-6-12-18;1-11(2,3)15-10(14)13-9-6-4-8(12)5-7-9;12-10-4-6-11(7-5-10)13-8-2-1-3-9-13/h15-16,19-20H,1-14,17H2,(H,27,32)(H,26,28,29);13-14H,4-12H2,1-3H3,(H,17,19);8-9H,4-7,12H2,1-3H3,(H,13,14);10-11H,1-9,12H2. The maximum Gasteiger partial charge on any atom is 0.407 e. The molecule has 2 aromatic rings.